The SMILES string of the molecule is O=[N+]([O-])c1ccc(CC(Br)c2ccc(Cl)c(Cl)c2)cc1. The summed E-state index contributed by atoms with van der Waals surface area (Å²) in [5.41, 5.74) is 2.11. The summed E-state index contributed by atoms with van der Waals surface area (Å²) in [6, 6.07) is 12.0. The van der Waals surface area contributed by atoms with Crippen LogP contribution in [0.4, 0.5) is 5.69 Å². The topological polar surface area (TPSA) is 43.1 Å². The smallest absolute Gasteiger partial charge is 0.258 e. The van der Waals surface area contributed by atoms with E-state index in [-0.39, 0.29) is 10.5 Å². The maximum atomic E-state index is 10.6. The fourth-order valence-electron chi connectivity index (χ4n) is 1.79. The summed E-state index contributed by atoms with van der Waals surface area (Å²) in [5, 5.41) is 11.6. The number of nitro groups is 1. The molecule has 1 unspecified atom stereocenters. The van der Waals surface area contributed by atoms with Gasteiger partial charge in [0.25, 0.3) is 5.69 Å². The third-order valence-electron chi connectivity index (χ3n) is 2.87. The third kappa shape index (κ3) is 3.72. The highest BCUT2D eigenvalue weighted by atomic mass is 79.9. The fourth-order valence-corrected chi connectivity index (χ4v) is 2.75. The van der Waals surface area contributed by atoms with Gasteiger partial charge in [-0.1, -0.05) is 57.3 Å². The maximum Gasteiger partial charge on any atom is 0.269 e. The minimum Gasteiger partial charge on any atom is -0.258 e. The quantitative estimate of drug-likeness (QED) is 0.398. The van der Waals surface area contributed by atoms with Crippen molar-refractivity contribution in [2.24, 2.45) is 0 Å². The molecule has 0 heterocycles. The van der Waals surface area contributed by atoms with Gasteiger partial charge in [0.1, 0.15) is 0 Å². The Morgan fingerprint density at radius 3 is 2.30 bits per heavy atom. The van der Waals surface area contributed by atoms with Crippen LogP contribution < -0.4 is 0 Å². The zero-order chi connectivity index (χ0) is 14.7. The molecule has 6 heteroatoms. The van der Waals surface area contributed by atoms with Gasteiger partial charge >= 0.3 is 0 Å². The highest BCUT2D eigenvalue weighted by Gasteiger charge is 2.11. The first-order chi connectivity index (χ1) is 9.47. The lowest BCUT2D eigenvalue weighted by Gasteiger charge is -2.11. The first kappa shape index (κ1) is 15.3. The predicted octanol–water partition coefficient (Wildman–Crippen LogP) is 5.58. The van der Waals surface area contributed by atoms with E-state index in [1.54, 1.807) is 18.2 Å². The third-order valence-corrected chi connectivity index (χ3v) is 4.46. The van der Waals surface area contributed by atoms with Crippen molar-refractivity contribution in [3.8, 4) is 0 Å². The molecular formula is C14H10BrCl2NO2. The number of halogens is 3. The number of alkyl halides is 1. The van der Waals surface area contributed by atoms with Gasteiger partial charge in [-0.2, -0.15) is 0 Å². The summed E-state index contributed by atoms with van der Waals surface area (Å²) in [7, 11) is 0. The van der Waals surface area contributed by atoms with Gasteiger partial charge < -0.3 is 0 Å². The van der Waals surface area contributed by atoms with Crippen LogP contribution in [-0.4, -0.2) is 4.92 Å². The minimum atomic E-state index is -0.408. The molecule has 1 atom stereocenters. The van der Waals surface area contributed by atoms with Gasteiger partial charge in [-0.15, -0.1) is 0 Å². The second-order valence-corrected chi connectivity index (χ2v) is 6.19. The Morgan fingerprint density at radius 1 is 1.10 bits per heavy atom. The predicted molar refractivity (Wildman–Crippen MR) is 84.9 cm³/mol. The number of nitrogens with zero attached hydrogens (tertiary/aromatic N) is 1. The highest BCUT2D eigenvalue weighted by Crippen LogP contribution is 2.32. The average Bonchev–Trinajstić information content (AvgIpc) is 2.42. The molecule has 0 radical (unpaired) electrons. The molecule has 20 heavy (non-hydrogen) atoms. The molecule has 0 aromatic heterocycles. The van der Waals surface area contributed by atoms with Gasteiger partial charge in [-0.3, -0.25) is 10.1 Å². The molecule has 0 aliphatic rings. The molecule has 0 amide bonds. The van der Waals surface area contributed by atoms with Gasteiger partial charge in [0.15, 0.2) is 0 Å². The largest absolute Gasteiger partial charge is 0.269 e. The van der Waals surface area contributed by atoms with Crippen molar-refractivity contribution in [3.05, 3.63) is 73.8 Å². The molecule has 3 nitrogen and oxygen atoms in total. The Kier molecular flexibility index (Phi) is 5.02. The van der Waals surface area contributed by atoms with Crippen molar-refractivity contribution >= 4 is 44.8 Å². The Balaban J connectivity index is 2.12. The number of rotatable bonds is 4. The van der Waals surface area contributed by atoms with Gasteiger partial charge in [0, 0.05) is 17.0 Å². The van der Waals surface area contributed by atoms with E-state index in [0.29, 0.717) is 16.5 Å². The van der Waals surface area contributed by atoms with Crippen LogP contribution in [0.5, 0.6) is 0 Å². The van der Waals surface area contributed by atoms with Crippen molar-refractivity contribution in [1.82, 2.24) is 0 Å². The lowest BCUT2D eigenvalue weighted by Crippen LogP contribution is -1.96. The van der Waals surface area contributed by atoms with Gasteiger partial charge in [-0.05, 0) is 29.7 Å². The zero-order valence-electron chi connectivity index (χ0n) is 10.2. The molecule has 0 saturated carbocycles. The van der Waals surface area contributed by atoms with E-state index in [2.05, 4.69) is 15.9 Å². The first-order valence-electron chi connectivity index (χ1n) is 5.79. The van der Waals surface area contributed by atoms with Gasteiger partial charge in [0.05, 0.1) is 15.0 Å². The highest BCUT2D eigenvalue weighted by molar-refractivity contribution is 9.09. The van der Waals surface area contributed by atoms with Crippen LogP contribution in [-0.2, 0) is 6.42 Å². The number of non-ortho nitro benzene ring substituents is 1. The summed E-state index contributed by atoms with van der Waals surface area (Å²) < 4.78 is 0. The van der Waals surface area contributed by atoms with Crippen LogP contribution in [0.1, 0.15) is 16.0 Å². The van der Waals surface area contributed by atoms with Crippen molar-refractivity contribution in [1.29, 1.82) is 0 Å². The second kappa shape index (κ2) is 6.57. The number of benzene rings is 2. The molecule has 0 aliphatic heterocycles. The summed E-state index contributed by atoms with van der Waals surface area (Å²) >= 11 is 15.5. The summed E-state index contributed by atoms with van der Waals surface area (Å²) in [5.74, 6) is 0. The van der Waals surface area contributed by atoms with Crippen LogP contribution in [0.25, 0.3) is 0 Å². The molecule has 0 N–H and O–H groups in total. The van der Waals surface area contributed by atoms with E-state index >= 15 is 0 Å². The normalized spacial score (nSPS) is 12.2. The first-order valence-corrected chi connectivity index (χ1v) is 7.47. The van der Waals surface area contributed by atoms with Crippen molar-refractivity contribution in [3.63, 3.8) is 0 Å². The summed E-state index contributed by atoms with van der Waals surface area (Å²) in [4.78, 5) is 10.3. The molecule has 104 valence electrons. The average molecular weight is 375 g/mol. The molecule has 2 rings (SSSR count). The zero-order valence-corrected chi connectivity index (χ0v) is 13.3. The van der Waals surface area contributed by atoms with Crippen LogP contribution in [0, 0.1) is 10.1 Å². The second-order valence-electron chi connectivity index (χ2n) is 4.27. The fraction of sp³-hybridized carbons (Fsp3) is 0.143. The van der Waals surface area contributed by atoms with Crippen LogP contribution in [0.2, 0.25) is 10.0 Å². The summed E-state index contributed by atoms with van der Waals surface area (Å²) in [6.45, 7) is 0. The van der Waals surface area contributed by atoms with Crippen molar-refractivity contribution in [2.75, 3.05) is 0 Å². The molecule has 2 aromatic rings. The Morgan fingerprint density at radius 2 is 1.75 bits per heavy atom. The molecule has 2 aromatic carbocycles. The summed E-state index contributed by atoms with van der Waals surface area (Å²) in [6.07, 6.45) is 0.704. The van der Waals surface area contributed by atoms with Crippen molar-refractivity contribution < 1.29 is 4.92 Å². The number of nitro benzene ring substituents is 1. The molecule has 0 spiro atoms. The lowest BCUT2D eigenvalue weighted by atomic mass is 10.0. The van der Waals surface area contributed by atoms with E-state index in [9.17, 15) is 10.1 Å². The van der Waals surface area contributed by atoms with E-state index in [4.69, 9.17) is 23.2 Å². The number of hydrogen-bond donors (Lipinski definition) is 0. The Bertz CT molecular complexity index is 632. The van der Waals surface area contributed by atoms with Crippen molar-refractivity contribution in [2.45, 2.75) is 11.2 Å². The molecule has 0 aliphatic carbocycles. The molecule has 0 fully saturated rings. The Labute approximate surface area is 134 Å². The van der Waals surface area contributed by atoms with Crippen LogP contribution in [0.15, 0.2) is 42.5 Å². The Hall–Kier alpha value is -1.10. The van der Waals surface area contributed by atoms with Crippen LogP contribution >= 0.6 is 39.1 Å². The molecular weight excluding hydrogens is 365 g/mol. The van der Waals surface area contributed by atoms with Gasteiger partial charge in [0.2, 0.25) is 0 Å². The maximum absolute atomic E-state index is 10.6. The standard InChI is InChI=1S/C14H10BrCl2NO2/c15-12(10-3-6-13(16)14(17)8-10)7-9-1-4-11(5-2-9)18(19)20/h1-6,8,12H,7H2. The monoisotopic (exact) mass is 373 g/mol. The van der Waals surface area contributed by atoms with E-state index in [0.717, 1.165) is 11.1 Å². The minimum absolute atomic E-state index is 0.0683. The number of hydrogen-bond acceptors (Lipinski definition) is 2. The van der Waals surface area contributed by atoms with Crippen LogP contribution in [0.3, 0.4) is 0 Å². The molecule has 0 saturated heterocycles. The van der Waals surface area contributed by atoms with E-state index < -0.39 is 4.92 Å². The molecule has 0 bridgehead atoms. The van der Waals surface area contributed by atoms with E-state index in [1.807, 2.05) is 12.1 Å². The van der Waals surface area contributed by atoms with Gasteiger partial charge in [-0.25, -0.2) is 0 Å². The van der Waals surface area contributed by atoms with E-state index in [1.165, 1.54) is 12.1 Å². The lowest BCUT2D eigenvalue weighted by molar-refractivity contribution is -0.384.